The fourth-order valence-electron chi connectivity index (χ4n) is 3.89. The molecule has 168 valence electrons. The number of likely N-dealkylation sites (tertiary alicyclic amines) is 1. The Kier molecular flexibility index (Phi) is 8.92. The van der Waals surface area contributed by atoms with Gasteiger partial charge in [-0.2, -0.15) is 0 Å². The zero-order valence-electron chi connectivity index (χ0n) is 17.7. The fourth-order valence-corrected chi connectivity index (χ4v) is 3.89. The second-order valence-electron chi connectivity index (χ2n) is 8.28. The molecule has 1 aromatic rings. The second-order valence-corrected chi connectivity index (χ2v) is 8.28. The fraction of sp³-hybridized carbons (Fsp3) is 0.636. The van der Waals surface area contributed by atoms with Gasteiger partial charge in [0.15, 0.2) is 0 Å². The molecule has 0 bridgehead atoms. The average Bonchev–Trinajstić information content (AvgIpc) is 3.48. The molecule has 2 atom stereocenters. The summed E-state index contributed by atoms with van der Waals surface area (Å²) < 4.78 is 11.5. The Hall–Kier alpha value is -2.32. The third kappa shape index (κ3) is 6.88. The Balaban J connectivity index is 0.00000101. The topological polar surface area (TPSA) is 117 Å². The van der Waals surface area contributed by atoms with Crippen LogP contribution in [0.5, 0.6) is 11.5 Å². The van der Waals surface area contributed by atoms with Crippen molar-refractivity contribution in [2.75, 3.05) is 26.2 Å². The van der Waals surface area contributed by atoms with E-state index in [1.165, 1.54) is 0 Å². The molecule has 30 heavy (non-hydrogen) atoms. The number of hydrogen-bond acceptors (Lipinski definition) is 6. The van der Waals surface area contributed by atoms with Gasteiger partial charge in [0.25, 0.3) is 6.47 Å². The first-order valence-electron chi connectivity index (χ1n) is 10.4. The zero-order valence-corrected chi connectivity index (χ0v) is 17.7. The summed E-state index contributed by atoms with van der Waals surface area (Å²) in [7, 11) is 0. The highest BCUT2D eigenvalue weighted by atomic mass is 16.5. The van der Waals surface area contributed by atoms with Crippen molar-refractivity contribution in [3.8, 4) is 11.5 Å². The van der Waals surface area contributed by atoms with Gasteiger partial charge in [0, 0.05) is 25.7 Å². The molecule has 8 nitrogen and oxygen atoms in total. The lowest BCUT2D eigenvalue weighted by Gasteiger charge is -2.43. The Morgan fingerprint density at radius 1 is 1.30 bits per heavy atom. The molecule has 8 heteroatoms. The molecule has 3 rings (SSSR count). The van der Waals surface area contributed by atoms with Crippen LogP contribution in [0.1, 0.15) is 39.5 Å². The van der Waals surface area contributed by atoms with Crippen molar-refractivity contribution in [3.63, 3.8) is 0 Å². The Morgan fingerprint density at radius 3 is 2.57 bits per heavy atom. The van der Waals surface area contributed by atoms with Crippen LogP contribution < -0.4 is 9.47 Å². The summed E-state index contributed by atoms with van der Waals surface area (Å²) in [5, 5.41) is 27.2. The third-order valence-electron chi connectivity index (χ3n) is 5.49. The number of rotatable bonds is 9. The monoisotopic (exact) mass is 423 g/mol. The highest BCUT2D eigenvalue weighted by Crippen LogP contribution is 2.45. The number of piperidine rings is 1. The predicted octanol–water partition coefficient (Wildman–Crippen LogP) is 2.49. The minimum absolute atomic E-state index is 0.107. The van der Waals surface area contributed by atoms with Gasteiger partial charge in [0.05, 0.1) is 12.2 Å². The van der Waals surface area contributed by atoms with Crippen LogP contribution >= 0.6 is 0 Å². The summed E-state index contributed by atoms with van der Waals surface area (Å²) in [4.78, 5) is 22.5. The van der Waals surface area contributed by atoms with E-state index in [-0.39, 0.29) is 12.6 Å². The molecule has 0 aromatic heterocycles. The summed E-state index contributed by atoms with van der Waals surface area (Å²) in [6, 6.07) is 7.56. The first-order chi connectivity index (χ1) is 14.3. The van der Waals surface area contributed by atoms with Crippen LogP contribution in [0.15, 0.2) is 24.3 Å². The van der Waals surface area contributed by atoms with Crippen molar-refractivity contribution in [3.05, 3.63) is 24.3 Å². The van der Waals surface area contributed by atoms with Gasteiger partial charge in [-0.05, 0) is 44.7 Å². The third-order valence-corrected chi connectivity index (χ3v) is 5.49. The van der Waals surface area contributed by atoms with Gasteiger partial charge in [0.2, 0.25) is 0 Å². The average molecular weight is 424 g/mol. The molecule has 0 unspecified atom stereocenters. The summed E-state index contributed by atoms with van der Waals surface area (Å²) in [5.74, 6) is 1.10. The zero-order chi connectivity index (χ0) is 22.1. The van der Waals surface area contributed by atoms with Gasteiger partial charge in [-0.15, -0.1) is 0 Å². The van der Waals surface area contributed by atoms with Crippen LogP contribution in [-0.2, 0) is 9.59 Å². The van der Waals surface area contributed by atoms with Crippen molar-refractivity contribution in [2.24, 2.45) is 11.3 Å². The Morgan fingerprint density at radius 2 is 1.97 bits per heavy atom. The SMILES string of the molecule is CC(C)Oc1cccc(OCCN2CC[C@@H](O)[C@](CC3CC3)(C(=O)O)C2)c1.O=CO. The first-order valence-corrected chi connectivity index (χ1v) is 10.4. The molecule has 2 aliphatic rings. The molecular weight excluding hydrogens is 390 g/mol. The number of benzene rings is 1. The molecule has 1 aliphatic heterocycles. The van der Waals surface area contributed by atoms with E-state index >= 15 is 0 Å². The van der Waals surface area contributed by atoms with E-state index in [0.717, 1.165) is 24.3 Å². The quantitative estimate of drug-likeness (QED) is 0.519. The van der Waals surface area contributed by atoms with E-state index in [2.05, 4.69) is 4.90 Å². The highest BCUT2D eigenvalue weighted by Gasteiger charge is 2.51. The summed E-state index contributed by atoms with van der Waals surface area (Å²) >= 11 is 0. The molecule has 2 fully saturated rings. The van der Waals surface area contributed by atoms with E-state index in [1.54, 1.807) is 0 Å². The van der Waals surface area contributed by atoms with Gasteiger partial charge in [0.1, 0.15) is 23.5 Å². The summed E-state index contributed by atoms with van der Waals surface area (Å²) in [6.45, 7) is 5.91. The molecule has 1 heterocycles. The van der Waals surface area contributed by atoms with E-state index in [0.29, 0.717) is 45.0 Å². The van der Waals surface area contributed by atoms with Crippen LogP contribution in [0.2, 0.25) is 0 Å². The van der Waals surface area contributed by atoms with Crippen molar-refractivity contribution in [1.29, 1.82) is 0 Å². The summed E-state index contributed by atoms with van der Waals surface area (Å²) in [6.07, 6.45) is 2.58. The number of ether oxygens (including phenoxy) is 2. The van der Waals surface area contributed by atoms with Crippen LogP contribution in [0.25, 0.3) is 0 Å². The standard InChI is InChI=1S/C21H31NO5.CH2O2/c1-15(2)27-18-5-3-4-17(12-18)26-11-10-22-9-8-19(23)21(14-22,20(24)25)13-16-6-7-16;2-1-3/h3-5,12,15-16,19,23H,6-11,13-14H2,1-2H3,(H,24,25);1H,(H,2,3)/t19-,21-;/m1./s1. The van der Waals surface area contributed by atoms with Gasteiger partial charge < -0.3 is 24.8 Å². The minimum atomic E-state index is -1.04. The molecule has 0 amide bonds. The molecule has 1 saturated heterocycles. The maximum absolute atomic E-state index is 12.0. The van der Waals surface area contributed by atoms with E-state index < -0.39 is 17.5 Å². The molecule has 3 N–H and O–H groups in total. The lowest BCUT2D eigenvalue weighted by atomic mass is 9.73. The van der Waals surface area contributed by atoms with Crippen molar-refractivity contribution >= 4 is 12.4 Å². The number of nitrogens with zero attached hydrogens (tertiary/aromatic N) is 1. The molecular formula is C22H33NO7. The Bertz CT molecular complexity index is 692. The number of aliphatic hydroxyl groups excluding tert-OH is 1. The lowest BCUT2D eigenvalue weighted by molar-refractivity contribution is -0.165. The van der Waals surface area contributed by atoms with Crippen LogP contribution in [0.3, 0.4) is 0 Å². The van der Waals surface area contributed by atoms with E-state index in [1.807, 2.05) is 38.1 Å². The predicted molar refractivity (Wildman–Crippen MR) is 111 cm³/mol. The number of aliphatic hydroxyl groups is 1. The molecule has 1 aromatic carbocycles. The number of hydrogen-bond donors (Lipinski definition) is 3. The number of aliphatic carboxylic acids is 1. The number of carboxylic acid groups (broad SMARTS) is 2. The Labute approximate surface area is 177 Å². The van der Waals surface area contributed by atoms with Crippen LogP contribution in [0.4, 0.5) is 0 Å². The lowest BCUT2D eigenvalue weighted by Crippen LogP contribution is -2.56. The highest BCUT2D eigenvalue weighted by molar-refractivity contribution is 5.76. The van der Waals surface area contributed by atoms with Crippen molar-refractivity contribution < 1.29 is 34.4 Å². The molecule has 1 aliphatic carbocycles. The molecule has 0 spiro atoms. The van der Waals surface area contributed by atoms with Crippen molar-refractivity contribution in [2.45, 2.75) is 51.7 Å². The first kappa shape index (κ1) is 24.0. The minimum Gasteiger partial charge on any atom is -0.492 e. The van der Waals surface area contributed by atoms with E-state index in [4.69, 9.17) is 19.4 Å². The smallest absolute Gasteiger partial charge is 0.313 e. The second kappa shape index (κ2) is 11.2. The maximum Gasteiger partial charge on any atom is 0.313 e. The van der Waals surface area contributed by atoms with Gasteiger partial charge in [-0.25, -0.2) is 0 Å². The maximum atomic E-state index is 12.0. The number of carbonyl (C=O) groups is 2. The van der Waals surface area contributed by atoms with Gasteiger partial charge in [-0.1, -0.05) is 18.9 Å². The molecule has 0 radical (unpaired) electrons. The van der Waals surface area contributed by atoms with E-state index in [9.17, 15) is 15.0 Å². The molecule has 1 saturated carbocycles. The van der Waals surface area contributed by atoms with Crippen LogP contribution in [-0.4, -0.2) is 71.1 Å². The normalized spacial score (nSPS) is 23.9. The van der Waals surface area contributed by atoms with Crippen molar-refractivity contribution in [1.82, 2.24) is 4.90 Å². The van der Waals surface area contributed by atoms with Crippen LogP contribution in [0, 0.1) is 11.3 Å². The number of carboxylic acids is 1. The largest absolute Gasteiger partial charge is 0.492 e. The summed E-state index contributed by atoms with van der Waals surface area (Å²) in [5.41, 5.74) is -1.04. The van der Waals surface area contributed by atoms with Gasteiger partial charge >= 0.3 is 5.97 Å². The van der Waals surface area contributed by atoms with Gasteiger partial charge in [-0.3, -0.25) is 14.5 Å².